The van der Waals surface area contributed by atoms with E-state index in [-0.39, 0.29) is 12.2 Å². The molecule has 1 fully saturated rings. The fourth-order valence-electron chi connectivity index (χ4n) is 3.06. The summed E-state index contributed by atoms with van der Waals surface area (Å²) in [6.07, 6.45) is 3.34. The average molecular weight is 383 g/mol. The van der Waals surface area contributed by atoms with Gasteiger partial charge in [0.15, 0.2) is 0 Å². The third kappa shape index (κ3) is 5.07. The molecule has 0 saturated carbocycles. The van der Waals surface area contributed by atoms with E-state index in [1.807, 2.05) is 50.2 Å². The van der Waals surface area contributed by atoms with Crippen LogP contribution in [0.4, 0.5) is 0 Å². The van der Waals surface area contributed by atoms with Gasteiger partial charge in [-0.1, -0.05) is 30.3 Å². The Labute approximate surface area is 164 Å². The number of carbonyl (C=O) groups is 2. The molecule has 1 atom stereocenters. The lowest BCUT2D eigenvalue weighted by atomic mass is 10.0. The number of nitrogens with zero attached hydrogens (tertiary/aromatic N) is 1. The zero-order chi connectivity index (χ0) is 19.9. The summed E-state index contributed by atoms with van der Waals surface area (Å²) in [4.78, 5) is 23.8. The van der Waals surface area contributed by atoms with E-state index in [1.165, 1.54) is 6.21 Å². The summed E-state index contributed by atoms with van der Waals surface area (Å²) in [5, 5.41) is 8.50. The summed E-state index contributed by atoms with van der Waals surface area (Å²) in [6, 6.07) is 11.7. The number of hydrogen-bond donors (Lipinski definition) is 2. The SMILES string of the molecule is CC(C)Oc1ccc2ccccc2c1/C=N\NC(=O)C(=O)NC[C@H]1CCCO1. The van der Waals surface area contributed by atoms with Crippen molar-refractivity contribution in [2.75, 3.05) is 13.2 Å². The highest BCUT2D eigenvalue weighted by molar-refractivity contribution is 6.35. The van der Waals surface area contributed by atoms with Crippen LogP contribution < -0.4 is 15.5 Å². The topological polar surface area (TPSA) is 89.0 Å². The monoisotopic (exact) mass is 383 g/mol. The first-order chi connectivity index (χ1) is 13.5. The molecule has 0 spiro atoms. The number of rotatable bonds is 6. The minimum Gasteiger partial charge on any atom is -0.490 e. The minimum atomic E-state index is -0.819. The molecule has 0 unspecified atom stereocenters. The van der Waals surface area contributed by atoms with Crippen molar-refractivity contribution in [3.8, 4) is 5.75 Å². The first-order valence-electron chi connectivity index (χ1n) is 9.46. The van der Waals surface area contributed by atoms with Crippen LogP contribution in [-0.2, 0) is 14.3 Å². The van der Waals surface area contributed by atoms with E-state index < -0.39 is 11.8 Å². The molecule has 2 N–H and O–H groups in total. The van der Waals surface area contributed by atoms with Gasteiger partial charge in [-0.25, -0.2) is 5.43 Å². The molecule has 7 heteroatoms. The van der Waals surface area contributed by atoms with Crippen molar-refractivity contribution in [3.05, 3.63) is 42.0 Å². The van der Waals surface area contributed by atoms with Crippen LogP contribution in [-0.4, -0.2) is 43.4 Å². The van der Waals surface area contributed by atoms with Crippen molar-refractivity contribution in [3.63, 3.8) is 0 Å². The maximum Gasteiger partial charge on any atom is 0.329 e. The van der Waals surface area contributed by atoms with Gasteiger partial charge in [0.25, 0.3) is 0 Å². The molecule has 1 aliphatic heterocycles. The van der Waals surface area contributed by atoms with Crippen LogP contribution in [0.2, 0.25) is 0 Å². The maximum atomic E-state index is 12.0. The van der Waals surface area contributed by atoms with Gasteiger partial charge >= 0.3 is 11.8 Å². The Morgan fingerprint density at radius 1 is 1.25 bits per heavy atom. The zero-order valence-electron chi connectivity index (χ0n) is 16.1. The summed E-state index contributed by atoms with van der Waals surface area (Å²) in [6.45, 7) is 4.90. The molecule has 0 bridgehead atoms. The van der Waals surface area contributed by atoms with Gasteiger partial charge in [0.2, 0.25) is 0 Å². The van der Waals surface area contributed by atoms with Gasteiger partial charge < -0.3 is 14.8 Å². The second kappa shape index (κ2) is 9.32. The van der Waals surface area contributed by atoms with E-state index in [0.29, 0.717) is 18.9 Å². The van der Waals surface area contributed by atoms with Crippen LogP contribution >= 0.6 is 0 Å². The fraction of sp³-hybridized carbons (Fsp3) is 0.381. The lowest BCUT2D eigenvalue weighted by Crippen LogP contribution is -2.41. The van der Waals surface area contributed by atoms with Crippen LogP contribution in [0.1, 0.15) is 32.3 Å². The van der Waals surface area contributed by atoms with Crippen LogP contribution in [0.15, 0.2) is 41.5 Å². The van der Waals surface area contributed by atoms with Crippen LogP contribution in [0.25, 0.3) is 10.8 Å². The predicted molar refractivity (Wildman–Crippen MR) is 107 cm³/mol. The number of ether oxygens (including phenoxy) is 2. The van der Waals surface area contributed by atoms with Crippen LogP contribution in [0.5, 0.6) is 5.75 Å². The number of fused-ring (bicyclic) bond motifs is 1. The molecule has 2 aromatic carbocycles. The Balaban J connectivity index is 1.67. The van der Waals surface area contributed by atoms with Crippen molar-refractivity contribution < 1.29 is 19.1 Å². The lowest BCUT2D eigenvalue weighted by Gasteiger charge is -2.14. The van der Waals surface area contributed by atoms with Gasteiger partial charge in [-0.2, -0.15) is 5.10 Å². The predicted octanol–water partition coefficient (Wildman–Crippen LogP) is 2.37. The van der Waals surface area contributed by atoms with Gasteiger partial charge in [0.1, 0.15) is 5.75 Å². The van der Waals surface area contributed by atoms with Gasteiger partial charge in [-0.15, -0.1) is 0 Å². The van der Waals surface area contributed by atoms with E-state index in [4.69, 9.17) is 9.47 Å². The molecule has 1 saturated heterocycles. The third-order valence-corrected chi connectivity index (χ3v) is 4.37. The Kier molecular flexibility index (Phi) is 6.60. The normalized spacial score (nSPS) is 16.6. The molecule has 148 valence electrons. The molecular weight excluding hydrogens is 358 g/mol. The molecule has 3 rings (SSSR count). The van der Waals surface area contributed by atoms with Gasteiger partial charge in [0, 0.05) is 18.7 Å². The largest absolute Gasteiger partial charge is 0.490 e. The molecule has 0 radical (unpaired) electrons. The summed E-state index contributed by atoms with van der Waals surface area (Å²) < 4.78 is 11.3. The van der Waals surface area contributed by atoms with E-state index in [0.717, 1.165) is 29.2 Å². The van der Waals surface area contributed by atoms with Crippen molar-refractivity contribution in [2.24, 2.45) is 5.10 Å². The summed E-state index contributed by atoms with van der Waals surface area (Å²) in [7, 11) is 0. The number of nitrogens with one attached hydrogen (secondary N) is 2. The highest BCUT2D eigenvalue weighted by Gasteiger charge is 2.19. The van der Waals surface area contributed by atoms with Gasteiger partial charge in [0.05, 0.1) is 18.4 Å². The first-order valence-corrected chi connectivity index (χ1v) is 9.46. The number of carbonyl (C=O) groups excluding carboxylic acids is 2. The van der Waals surface area contributed by atoms with Gasteiger partial charge in [-0.3, -0.25) is 9.59 Å². The molecular formula is C21H25N3O4. The second-order valence-electron chi connectivity index (χ2n) is 6.91. The van der Waals surface area contributed by atoms with E-state index >= 15 is 0 Å². The summed E-state index contributed by atoms with van der Waals surface area (Å²) in [5.74, 6) is -0.889. The molecule has 7 nitrogen and oxygen atoms in total. The Morgan fingerprint density at radius 2 is 2.07 bits per heavy atom. The second-order valence-corrected chi connectivity index (χ2v) is 6.91. The highest BCUT2D eigenvalue weighted by Crippen LogP contribution is 2.27. The number of benzene rings is 2. The Morgan fingerprint density at radius 3 is 2.82 bits per heavy atom. The standard InChI is InChI=1S/C21H25N3O4/c1-14(2)28-19-10-9-15-6-3-4-8-17(15)18(19)13-23-24-21(26)20(25)22-12-16-7-5-11-27-16/h3-4,6,8-10,13-14,16H,5,7,11-12H2,1-2H3,(H,22,25)(H,24,26)/b23-13-/t16-/m1/s1. The van der Waals surface area contributed by atoms with Crippen LogP contribution in [0, 0.1) is 0 Å². The molecule has 1 aliphatic rings. The quantitative estimate of drug-likeness (QED) is 0.455. The average Bonchev–Trinajstić information content (AvgIpc) is 3.20. The number of hydrogen-bond acceptors (Lipinski definition) is 5. The molecule has 0 aromatic heterocycles. The zero-order valence-corrected chi connectivity index (χ0v) is 16.1. The number of hydrazone groups is 1. The molecule has 1 heterocycles. The van der Waals surface area contributed by atoms with E-state index in [2.05, 4.69) is 15.8 Å². The van der Waals surface area contributed by atoms with Gasteiger partial charge in [-0.05, 0) is 43.5 Å². The van der Waals surface area contributed by atoms with Crippen molar-refractivity contribution in [1.29, 1.82) is 0 Å². The smallest absolute Gasteiger partial charge is 0.329 e. The Hall–Kier alpha value is -2.93. The Bertz CT molecular complexity index is 873. The lowest BCUT2D eigenvalue weighted by molar-refractivity contribution is -0.139. The van der Waals surface area contributed by atoms with E-state index in [1.54, 1.807) is 0 Å². The summed E-state index contributed by atoms with van der Waals surface area (Å²) in [5.41, 5.74) is 3.02. The molecule has 28 heavy (non-hydrogen) atoms. The fourth-order valence-corrected chi connectivity index (χ4v) is 3.06. The molecule has 2 amide bonds. The highest BCUT2D eigenvalue weighted by atomic mass is 16.5. The van der Waals surface area contributed by atoms with Crippen LogP contribution in [0.3, 0.4) is 0 Å². The van der Waals surface area contributed by atoms with Crippen molar-refractivity contribution >= 4 is 28.8 Å². The summed E-state index contributed by atoms with van der Waals surface area (Å²) >= 11 is 0. The van der Waals surface area contributed by atoms with Crippen molar-refractivity contribution in [2.45, 2.75) is 38.9 Å². The minimum absolute atomic E-state index is 0.00788. The molecule has 2 aromatic rings. The maximum absolute atomic E-state index is 12.0. The van der Waals surface area contributed by atoms with E-state index in [9.17, 15) is 9.59 Å². The van der Waals surface area contributed by atoms with Crippen molar-refractivity contribution in [1.82, 2.24) is 10.7 Å². The first kappa shape index (κ1) is 19.8. The molecule has 0 aliphatic carbocycles. The number of amides is 2. The third-order valence-electron chi connectivity index (χ3n) is 4.37.